The summed E-state index contributed by atoms with van der Waals surface area (Å²) in [5.74, 6) is -0.295. The average molecular weight is 277 g/mol. The number of carbonyl (C=O) groups is 1. The number of carboxylic acid groups (broad SMARTS) is 1. The number of methoxy groups -OCH3 is 1. The van der Waals surface area contributed by atoms with Crippen LogP contribution in [0.3, 0.4) is 0 Å². The molecule has 20 heavy (non-hydrogen) atoms. The van der Waals surface area contributed by atoms with E-state index in [1.165, 1.54) is 6.07 Å². The Balaban J connectivity index is 2.06. The largest absolute Gasteiger partial charge is 0.475 e. The molecule has 2 heterocycles. The normalized spacial score (nSPS) is 12.7. The van der Waals surface area contributed by atoms with E-state index in [1.807, 2.05) is 6.07 Å². The maximum absolute atomic E-state index is 10.8. The summed E-state index contributed by atoms with van der Waals surface area (Å²) in [6.07, 6.45) is 0. The van der Waals surface area contributed by atoms with E-state index >= 15 is 0 Å². The minimum atomic E-state index is -1.17. The Morgan fingerprint density at radius 3 is 2.90 bits per heavy atom. The van der Waals surface area contributed by atoms with Gasteiger partial charge in [-0.25, -0.2) is 4.79 Å². The van der Waals surface area contributed by atoms with Crippen LogP contribution in [0.25, 0.3) is 11.3 Å². The van der Waals surface area contributed by atoms with Crippen molar-refractivity contribution < 1.29 is 28.6 Å². The van der Waals surface area contributed by atoms with Gasteiger partial charge in [0.05, 0.1) is 6.61 Å². The Hall–Kier alpha value is -2.54. The highest BCUT2D eigenvalue weighted by Gasteiger charge is 2.25. The molecule has 0 spiro atoms. The van der Waals surface area contributed by atoms with Gasteiger partial charge >= 0.3 is 5.97 Å². The van der Waals surface area contributed by atoms with Gasteiger partial charge in [0.25, 0.3) is 0 Å². The van der Waals surface area contributed by atoms with Gasteiger partial charge in [-0.15, -0.1) is 0 Å². The van der Waals surface area contributed by atoms with Gasteiger partial charge in [-0.3, -0.25) is 0 Å². The molecular weight excluding hydrogens is 266 g/mol. The van der Waals surface area contributed by atoms with Gasteiger partial charge < -0.3 is 23.8 Å². The molecule has 2 aromatic rings. The zero-order valence-corrected chi connectivity index (χ0v) is 10.6. The topological polar surface area (TPSA) is 91.0 Å². The molecule has 0 radical (unpaired) electrons. The molecule has 0 amide bonds. The minimum absolute atomic E-state index is 0.104. The van der Waals surface area contributed by atoms with E-state index < -0.39 is 5.97 Å². The molecule has 0 aliphatic carbocycles. The first-order chi connectivity index (χ1) is 9.70. The highest BCUT2D eigenvalue weighted by atomic mass is 16.7. The third kappa shape index (κ3) is 1.97. The van der Waals surface area contributed by atoms with Crippen LogP contribution in [0.5, 0.6) is 11.5 Å². The molecule has 0 unspecified atom stereocenters. The fourth-order valence-electron chi connectivity index (χ4n) is 2.03. The third-order valence-electron chi connectivity index (χ3n) is 2.90. The second-order valence-corrected chi connectivity index (χ2v) is 4.15. The van der Waals surface area contributed by atoms with Gasteiger partial charge in [0.1, 0.15) is 5.69 Å². The van der Waals surface area contributed by atoms with E-state index in [-0.39, 0.29) is 12.6 Å². The molecule has 3 rings (SSSR count). The summed E-state index contributed by atoms with van der Waals surface area (Å²) in [7, 11) is 1.59. The lowest BCUT2D eigenvalue weighted by atomic mass is 10.1. The average Bonchev–Trinajstić information content (AvgIpc) is 3.08. The van der Waals surface area contributed by atoms with Gasteiger partial charge in [0, 0.05) is 24.3 Å². The molecule has 7 nitrogen and oxygen atoms in total. The van der Waals surface area contributed by atoms with Gasteiger partial charge in [0.15, 0.2) is 11.5 Å². The lowest BCUT2D eigenvalue weighted by Crippen LogP contribution is -1.95. The Morgan fingerprint density at radius 2 is 2.20 bits per heavy atom. The molecule has 0 atom stereocenters. The van der Waals surface area contributed by atoms with E-state index in [0.717, 1.165) is 5.56 Å². The number of nitrogens with zero attached hydrogens (tertiary/aromatic N) is 1. The van der Waals surface area contributed by atoms with Crippen LogP contribution in [0.1, 0.15) is 16.1 Å². The molecule has 0 bridgehead atoms. The minimum Gasteiger partial charge on any atom is -0.475 e. The summed E-state index contributed by atoms with van der Waals surface area (Å²) in [5, 5.41) is 12.6. The van der Waals surface area contributed by atoms with Gasteiger partial charge in [-0.2, -0.15) is 0 Å². The number of ether oxygens (including phenoxy) is 3. The van der Waals surface area contributed by atoms with Crippen molar-refractivity contribution in [2.24, 2.45) is 0 Å². The zero-order valence-electron chi connectivity index (χ0n) is 10.6. The van der Waals surface area contributed by atoms with Gasteiger partial charge in [-0.1, -0.05) is 11.2 Å². The Labute approximate surface area is 113 Å². The van der Waals surface area contributed by atoms with Crippen molar-refractivity contribution >= 4 is 5.97 Å². The Morgan fingerprint density at radius 1 is 1.40 bits per heavy atom. The van der Waals surface area contributed by atoms with E-state index in [1.54, 1.807) is 13.2 Å². The van der Waals surface area contributed by atoms with Gasteiger partial charge in [0.2, 0.25) is 12.6 Å². The van der Waals surface area contributed by atoms with Crippen LogP contribution in [0.2, 0.25) is 0 Å². The zero-order chi connectivity index (χ0) is 14.1. The van der Waals surface area contributed by atoms with Crippen LogP contribution >= 0.6 is 0 Å². The third-order valence-corrected chi connectivity index (χ3v) is 2.90. The predicted octanol–water partition coefficient (Wildman–Crippen LogP) is 1.91. The van der Waals surface area contributed by atoms with Crippen LogP contribution in [-0.2, 0) is 11.3 Å². The molecular formula is C13H11NO6. The molecule has 0 saturated carbocycles. The Kier molecular flexibility index (Phi) is 3.03. The number of hydrogen-bond donors (Lipinski definition) is 1. The van der Waals surface area contributed by atoms with Gasteiger partial charge in [-0.05, 0) is 6.07 Å². The van der Waals surface area contributed by atoms with Crippen molar-refractivity contribution in [3.63, 3.8) is 0 Å². The summed E-state index contributed by atoms with van der Waals surface area (Å²) in [5.41, 5.74) is 1.85. The summed E-state index contributed by atoms with van der Waals surface area (Å²) >= 11 is 0. The van der Waals surface area contributed by atoms with Crippen molar-refractivity contribution in [2.75, 3.05) is 13.9 Å². The molecule has 1 aliphatic rings. The first-order valence-electron chi connectivity index (χ1n) is 5.81. The van der Waals surface area contributed by atoms with Crippen molar-refractivity contribution in [2.45, 2.75) is 6.61 Å². The molecule has 7 heteroatoms. The number of benzene rings is 1. The molecule has 1 aromatic carbocycles. The monoisotopic (exact) mass is 277 g/mol. The second-order valence-electron chi connectivity index (χ2n) is 4.15. The number of aromatic carboxylic acids is 1. The molecule has 1 aliphatic heterocycles. The predicted molar refractivity (Wildman–Crippen MR) is 65.7 cm³/mol. The molecule has 1 aromatic heterocycles. The van der Waals surface area contributed by atoms with E-state index in [0.29, 0.717) is 29.4 Å². The molecule has 1 N–H and O–H groups in total. The first kappa shape index (κ1) is 12.5. The summed E-state index contributed by atoms with van der Waals surface area (Å²) in [4.78, 5) is 10.8. The van der Waals surface area contributed by atoms with Crippen molar-refractivity contribution in [1.29, 1.82) is 0 Å². The van der Waals surface area contributed by atoms with Crippen LogP contribution in [0.4, 0.5) is 0 Å². The van der Waals surface area contributed by atoms with Crippen LogP contribution < -0.4 is 9.47 Å². The van der Waals surface area contributed by atoms with E-state index in [2.05, 4.69) is 5.16 Å². The molecule has 104 valence electrons. The number of aromatic nitrogens is 1. The molecule has 0 saturated heterocycles. The fraction of sp³-hybridized carbons (Fsp3) is 0.231. The van der Waals surface area contributed by atoms with Crippen LogP contribution in [0, 0.1) is 0 Å². The highest BCUT2D eigenvalue weighted by Crippen LogP contribution is 2.43. The number of hydrogen-bond acceptors (Lipinski definition) is 6. The number of carboxylic acids is 1. The van der Waals surface area contributed by atoms with Crippen molar-refractivity contribution in [3.8, 4) is 22.8 Å². The SMILES string of the molecule is COCc1ccc(-c2cc(C(=O)O)on2)c2c1OCO2. The maximum Gasteiger partial charge on any atom is 0.374 e. The van der Waals surface area contributed by atoms with E-state index in [9.17, 15) is 4.79 Å². The number of rotatable bonds is 4. The lowest BCUT2D eigenvalue weighted by molar-refractivity contribution is 0.0652. The van der Waals surface area contributed by atoms with Crippen LogP contribution in [0.15, 0.2) is 22.7 Å². The Bertz CT molecular complexity index is 663. The fourth-order valence-corrected chi connectivity index (χ4v) is 2.03. The first-order valence-corrected chi connectivity index (χ1v) is 5.81. The lowest BCUT2D eigenvalue weighted by Gasteiger charge is -2.07. The quantitative estimate of drug-likeness (QED) is 0.912. The van der Waals surface area contributed by atoms with Crippen LogP contribution in [-0.4, -0.2) is 30.1 Å². The maximum atomic E-state index is 10.8. The van der Waals surface area contributed by atoms with Crippen molar-refractivity contribution in [3.05, 3.63) is 29.5 Å². The molecule has 0 fully saturated rings. The van der Waals surface area contributed by atoms with Crippen molar-refractivity contribution in [1.82, 2.24) is 5.16 Å². The number of fused-ring (bicyclic) bond motifs is 1. The summed E-state index contributed by atoms with van der Waals surface area (Å²) in [6, 6.07) is 4.93. The second kappa shape index (κ2) is 4.86. The standard InChI is InChI=1S/C13H11NO6/c1-17-5-7-2-3-8(12-11(7)18-6-19-12)9-4-10(13(15)16)20-14-9/h2-4H,5-6H2,1H3,(H,15,16). The smallest absolute Gasteiger partial charge is 0.374 e. The summed E-state index contributed by atoms with van der Waals surface area (Å²) < 4.78 is 20.7. The summed E-state index contributed by atoms with van der Waals surface area (Å²) in [6.45, 7) is 0.498. The van der Waals surface area contributed by atoms with E-state index in [4.69, 9.17) is 23.8 Å². The highest BCUT2D eigenvalue weighted by molar-refractivity contribution is 5.86.